The van der Waals surface area contributed by atoms with Gasteiger partial charge >= 0.3 is 3.92 Å². The Bertz CT molecular complexity index is 492. The molecule has 0 unspecified atom stereocenters. The summed E-state index contributed by atoms with van der Waals surface area (Å²) >= 11 is 11.0. The molecular formula is C9H5Cl2F2NS. The van der Waals surface area contributed by atoms with Crippen molar-refractivity contribution in [2.75, 3.05) is 0 Å². The third-order valence-electron chi connectivity index (χ3n) is 1.83. The molecule has 0 atom stereocenters. The molecule has 0 radical (unpaired) electrons. The smallest absolute Gasteiger partial charge is 0.309 e. The monoisotopic (exact) mass is 267 g/mol. The zero-order valence-corrected chi connectivity index (χ0v) is 9.56. The molecule has 0 aliphatic heterocycles. The molecule has 0 saturated heterocycles. The summed E-state index contributed by atoms with van der Waals surface area (Å²) in [5.41, 5.74) is 0.705. The average Bonchev–Trinajstić information content (AvgIpc) is 2.46. The molecule has 1 heterocycles. The molecule has 0 aliphatic carbocycles. The van der Waals surface area contributed by atoms with E-state index in [2.05, 4.69) is 4.98 Å². The third-order valence-corrected chi connectivity index (χ3v) is 3.08. The highest BCUT2D eigenvalue weighted by Crippen LogP contribution is 2.43. The summed E-state index contributed by atoms with van der Waals surface area (Å²) in [6, 6.07) is 4.18. The molecule has 1 aromatic carbocycles. The number of aromatic amines is 1. The van der Waals surface area contributed by atoms with Gasteiger partial charge in [0.15, 0.2) is 0 Å². The van der Waals surface area contributed by atoms with Crippen molar-refractivity contribution in [3.63, 3.8) is 0 Å². The Morgan fingerprint density at radius 2 is 2.07 bits per heavy atom. The molecule has 0 spiro atoms. The zero-order chi connectivity index (χ0) is 11.1. The van der Waals surface area contributed by atoms with Crippen LogP contribution in [0.1, 0.15) is 0 Å². The van der Waals surface area contributed by atoms with Gasteiger partial charge in [-0.3, -0.25) is 0 Å². The quantitative estimate of drug-likeness (QED) is 0.628. The predicted octanol–water partition coefficient (Wildman–Crippen LogP) is 4.46. The molecule has 1 nitrogen and oxygen atoms in total. The zero-order valence-electron chi connectivity index (χ0n) is 7.23. The summed E-state index contributed by atoms with van der Waals surface area (Å²) in [6.45, 7) is 0. The van der Waals surface area contributed by atoms with E-state index in [-0.39, 0.29) is 0 Å². The van der Waals surface area contributed by atoms with Gasteiger partial charge in [-0.15, -0.1) is 0 Å². The van der Waals surface area contributed by atoms with Crippen LogP contribution in [0.5, 0.6) is 0 Å². The van der Waals surface area contributed by atoms with Crippen LogP contribution in [0, 0.1) is 5.82 Å². The minimum Gasteiger partial charge on any atom is -0.360 e. The number of rotatable bonds is 2. The molecule has 1 N–H and O–H groups in total. The van der Waals surface area contributed by atoms with Crippen LogP contribution in [0.2, 0.25) is 0 Å². The van der Waals surface area contributed by atoms with Crippen LogP contribution in [-0.2, 0) is 0 Å². The fourth-order valence-electron chi connectivity index (χ4n) is 1.28. The number of nitrogens with one attached hydrogen (secondary N) is 1. The summed E-state index contributed by atoms with van der Waals surface area (Å²) in [5.74, 6) is -0.391. The SMILES string of the molecule is Fc1ccc2[nH]cc(SC(F)(Cl)Cl)c2c1. The molecule has 6 heteroatoms. The molecule has 15 heavy (non-hydrogen) atoms. The van der Waals surface area contributed by atoms with Crippen LogP contribution >= 0.6 is 35.0 Å². The van der Waals surface area contributed by atoms with E-state index in [0.29, 0.717) is 27.6 Å². The lowest BCUT2D eigenvalue weighted by atomic mass is 10.2. The van der Waals surface area contributed by atoms with Gasteiger partial charge < -0.3 is 4.98 Å². The first-order chi connectivity index (χ1) is 6.96. The predicted molar refractivity (Wildman–Crippen MR) is 59.7 cm³/mol. The van der Waals surface area contributed by atoms with Crippen LogP contribution in [0.15, 0.2) is 29.3 Å². The number of halogens is 4. The molecule has 0 aliphatic rings. The maximum absolute atomic E-state index is 13.0. The van der Waals surface area contributed by atoms with Crippen molar-refractivity contribution in [3.8, 4) is 0 Å². The fourth-order valence-corrected chi connectivity index (χ4v) is 2.42. The topological polar surface area (TPSA) is 15.8 Å². The van der Waals surface area contributed by atoms with Crippen LogP contribution in [-0.4, -0.2) is 8.90 Å². The molecule has 1 aromatic heterocycles. The summed E-state index contributed by atoms with van der Waals surface area (Å²) in [4.78, 5) is 3.34. The number of fused-ring (bicyclic) bond motifs is 1. The first kappa shape index (κ1) is 11.0. The van der Waals surface area contributed by atoms with Crippen molar-refractivity contribution in [2.45, 2.75) is 8.81 Å². The van der Waals surface area contributed by atoms with E-state index in [9.17, 15) is 8.78 Å². The van der Waals surface area contributed by atoms with Crippen molar-refractivity contribution in [3.05, 3.63) is 30.2 Å². The first-order valence-electron chi connectivity index (χ1n) is 3.98. The minimum atomic E-state index is -2.42. The number of H-pyrrole nitrogens is 1. The van der Waals surface area contributed by atoms with Crippen LogP contribution in [0.4, 0.5) is 8.78 Å². The summed E-state index contributed by atoms with van der Waals surface area (Å²) in [6.07, 6.45) is 1.54. The highest BCUT2D eigenvalue weighted by Gasteiger charge is 2.25. The number of hydrogen-bond donors (Lipinski definition) is 1. The van der Waals surface area contributed by atoms with E-state index in [1.165, 1.54) is 18.3 Å². The molecule has 0 fully saturated rings. The van der Waals surface area contributed by atoms with Crippen molar-refractivity contribution >= 4 is 45.9 Å². The second-order valence-corrected chi connectivity index (χ2v) is 5.78. The maximum atomic E-state index is 13.0. The van der Waals surface area contributed by atoms with Gasteiger partial charge in [-0.2, -0.15) is 4.39 Å². The number of benzene rings is 1. The standard InChI is InChI=1S/C9H5Cl2F2NS/c10-9(11,13)15-8-4-14-7-2-1-5(12)3-6(7)8/h1-4,14H. The molecular weight excluding hydrogens is 263 g/mol. The van der Waals surface area contributed by atoms with Crippen molar-refractivity contribution in [2.24, 2.45) is 0 Å². The summed E-state index contributed by atoms with van der Waals surface area (Å²) in [5, 5.41) is 0.559. The van der Waals surface area contributed by atoms with E-state index in [1.54, 1.807) is 6.07 Å². The highest BCUT2D eigenvalue weighted by molar-refractivity contribution is 8.03. The second-order valence-electron chi connectivity index (χ2n) is 2.89. The number of alkyl halides is 3. The maximum Gasteiger partial charge on any atom is 0.309 e. The molecule has 2 rings (SSSR count). The Morgan fingerprint density at radius 3 is 2.73 bits per heavy atom. The van der Waals surface area contributed by atoms with Gasteiger partial charge in [-0.1, -0.05) is 35.0 Å². The van der Waals surface area contributed by atoms with Crippen molar-refractivity contribution in [1.29, 1.82) is 0 Å². The van der Waals surface area contributed by atoms with Gasteiger partial charge in [0.2, 0.25) is 0 Å². The van der Waals surface area contributed by atoms with Gasteiger partial charge in [0, 0.05) is 22.0 Å². The van der Waals surface area contributed by atoms with Crippen LogP contribution in [0.25, 0.3) is 10.9 Å². The van der Waals surface area contributed by atoms with Gasteiger partial charge in [-0.05, 0) is 18.2 Å². The Hall–Kier alpha value is -0.450. The number of thioether (sulfide) groups is 1. The van der Waals surface area contributed by atoms with Crippen molar-refractivity contribution < 1.29 is 8.78 Å². The first-order valence-corrected chi connectivity index (χ1v) is 5.55. The normalized spacial score (nSPS) is 12.3. The molecule has 2 aromatic rings. The lowest BCUT2D eigenvalue weighted by molar-refractivity contribution is 0.516. The average molecular weight is 268 g/mol. The fraction of sp³-hybridized carbons (Fsp3) is 0.111. The number of aromatic nitrogens is 1. The number of hydrogen-bond acceptors (Lipinski definition) is 1. The van der Waals surface area contributed by atoms with Crippen LogP contribution in [0.3, 0.4) is 0 Å². The third kappa shape index (κ3) is 2.56. The minimum absolute atomic E-state index is 0.391. The lowest BCUT2D eigenvalue weighted by Crippen LogP contribution is -1.94. The summed E-state index contributed by atoms with van der Waals surface area (Å²) in [7, 11) is 0. The Balaban J connectivity index is 2.48. The van der Waals surface area contributed by atoms with Gasteiger partial charge in [-0.25, -0.2) is 4.39 Å². The Labute approximate surface area is 98.7 Å². The van der Waals surface area contributed by atoms with Gasteiger partial charge in [0.1, 0.15) is 5.82 Å². The highest BCUT2D eigenvalue weighted by atomic mass is 35.5. The molecule has 0 bridgehead atoms. The van der Waals surface area contributed by atoms with E-state index < -0.39 is 9.74 Å². The van der Waals surface area contributed by atoms with E-state index in [1.807, 2.05) is 0 Å². The Morgan fingerprint density at radius 1 is 1.33 bits per heavy atom. The van der Waals surface area contributed by atoms with E-state index in [4.69, 9.17) is 23.2 Å². The van der Waals surface area contributed by atoms with Gasteiger partial charge in [0.05, 0.1) is 0 Å². The van der Waals surface area contributed by atoms with E-state index >= 15 is 0 Å². The molecule has 0 amide bonds. The second kappa shape index (κ2) is 3.85. The van der Waals surface area contributed by atoms with E-state index in [0.717, 1.165) is 0 Å². The molecule has 0 saturated carbocycles. The molecule has 80 valence electrons. The van der Waals surface area contributed by atoms with Crippen molar-refractivity contribution in [1.82, 2.24) is 4.98 Å². The largest absolute Gasteiger partial charge is 0.360 e. The summed E-state index contributed by atoms with van der Waals surface area (Å²) < 4.78 is 23.5. The van der Waals surface area contributed by atoms with Crippen LogP contribution < -0.4 is 0 Å². The van der Waals surface area contributed by atoms with Gasteiger partial charge in [0.25, 0.3) is 0 Å². The Kier molecular flexibility index (Phi) is 2.83. The lowest BCUT2D eigenvalue weighted by Gasteiger charge is -2.06.